The number of allylic oxidation sites excluding steroid dienone is 2. The molecule has 6 aliphatic rings. The Morgan fingerprint density at radius 1 is 1.41 bits per heavy atom. The lowest BCUT2D eigenvalue weighted by Gasteiger charge is -2.59. The normalized spacial score (nSPS) is 42.9. The van der Waals surface area contributed by atoms with Gasteiger partial charge >= 0.3 is 0 Å². The van der Waals surface area contributed by atoms with E-state index < -0.39 is 5.60 Å². The highest BCUT2D eigenvalue weighted by Gasteiger charge is 2.55. The molecule has 2 saturated heterocycles. The van der Waals surface area contributed by atoms with E-state index in [1.165, 1.54) is 0 Å². The first kappa shape index (κ1) is 17.7. The second-order valence-electron chi connectivity index (χ2n) is 9.66. The van der Waals surface area contributed by atoms with Crippen LogP contribution in [-0.4, -0.2) is 44.8 Å². The molecule has 0 spiro atoms. The van der Waals surface area contributed by atoms with Gasteiger partial charge in [0.05, 0.1) is 16.9 Å². The topological polar surface area (TPSA) is 64.9 Å². The Morgan fingerprint density at radius 2 is 2.11 bits per heavy atom. The van der Waals surface area contributed by atoms with E-state index in [1.54, 1.807) is 0 Å². The number of carbonyl (C=O) groups is 1. The molecule has 1 amide bonds. The van der Waals surface area contributed by atoms with Crippen molar-refractivity contribution in [3.63, 3.8) is 0 Å². The summed E-state index contributed by atoms with van der Waals surface area (Å²) >= 11 is 6.49. The van der Waals surface area contributed by atoms with Crippen LogP contribution in [0.1, 0.15) is 58.8 Å². The van der Waals surface area contributed by atoms with Gasteiger partial charge in [-0.1, -0.05) is 24.6 Å². The van der Waals surface area contributed by atoms with E-state index >= 15 is 0 Å². The zero-order valence-electron chi connectivity index (χ0n) is 16.0. The van der Waals surface area contributed by atoms with Crippen LogP contribution in [0.4, 0.5) is 0 Å². The summed E-state index contributed by atoms with van der Waals surface area (Å²) in [5.41, 5.74) is 4.43. The van der Waals surface area contributed by atoms with Gasteiger partial charge in [-0.3, -0.25) is 10.2 Å². The van der Waals surface area contributed by atoms with Crippen LogP contribution in [0, 0.1) is 11.8 Å². The average molecular weight is 390 g/mol. The number of piperidine rings is 2. The highest BCUT2D eigenvalue weighted by Crippen LogP contribution is 2.51. The molecular weight excluding hydrogens is 362 g/mol. The second kappa shape index (κ2) is 5.84. The summed E-state index contributed by atoms with van der Waals surface area (Å²) in [5, 5.41) is 16.1. The number of nitrogens with one attached hydrogen (secondary N) is 1. The molecule has 6 rings (SSSR count). The summed E-state index contributed by atoms with van der Waals surface area (Å²) in [7, 11) is 0. The van der Waals surface area contributed by atoms with Gasteiger partial charge in [-0.25, -0.2) is 0 Å². The van der Waals surface area contributed by atoms with Crippen LogP contribution in [0.2, 0.25) is 0 Å². The molecule has 3 heterocycles. The summed E-state index contributed by atoms with van der Waals surface area (Å²) in [6, 6.07) is 0.436. The van der Waals surface area contributed by atoms with Crippen molar-refractivity contribution in [2.75, 3.05) is 0 Å². The minimum atomic E-state index is -0.521. The minimum Gasteiger partial charge on any atom is -0.390 e. The van der Waals surface area contributed by atoms with Crippen LogP contribution >= 0.6 is 11.6 Å². The summed E-state index contributed by atoms with van der Waals surface area (Å²) in [6.07, 6.45) is 9.86. The predicted octanol–water partition coefficient (Wildman–Crippen LogP) is 3.09. The molecule has 3 aliphatic carbocycles. The quantitative estimate of drug-likeness (QED) is 0.779. The monoisotopic (exact) mass is 389 g/mol. The number of amides is 1. The van der Waals surface area contributed by atoms with Crippen molar-refractivity contribution in [3.05, 3.63) is 22.8 Å². The van der Waals surface area contributed by atoms with Gasteiger partial charge in [-0.05, 0) is 57.4 Å². The fourth-order valence-corrected chi connectivity index (χ4v) is 6.80. The van der Waals surface area contributed by atoms with Crippen LogP contribution in [0.25, 0.3) is 0 Å². The zero-order valence-corrected chi connectivity index (χ0v) is 16.8. The lowest BCUT2D eigenvalue weighted by molar-refractivity contribution is -0.175. The van der Waals surface area contributed by atoms with Gasteiger partial charge in [-0.2, -0.15) is 5.10 Å². The van der Waals surface area contributed by atoms with Gasteiger partial charge in [0.2, 0.25) is 5.91 Å². The third-order valence-corrected chi connectivity index (χ3v) is 7.71. The van der Waals surface area contributed by atoms with Crippen molar-refractivity contribution >= 4 is 23.2 Å². The fraction of sp³-hybridized carbons (Fsp3) is 0.714. The molecule has 0 aromatic heterocycles. The smallest absolute Gasteiger partial charge is 0.223 e. The molecule has 4 atom stereocenters. The first-order valence-corrected chi connectivity index (χ1v) is 10.6. The lowest BCUT2D eigenvalue weighted by Crippen LogP contribution is -2.65. The molecule has 5 nitrogen and oxygen atoms in total. The van der Waals surface area contributed by atoms with Crippen molar-refractivity contribution in [1.82, 2.24) is 10.3 Å². The molecule has 2 saturated carbocycles. The van der Waals surface area contributed by atoms with Gasteiger partial charge in [0, 0.05) is 35.0 Å². The van der Waals surface area contributed by atoms with Crippen LogP contribution in [0.5, 0.6) is 0 Å². The third kappa shape index (κ3) is 2.69. The summed E-state index contributed by atoms with van der Waals surface area (Å²) in [6.45, 7) is 4.19. The van der Waals surface area contributed by atoms with E-state index in [4.69, 9.17) is 11.6 Å². The first-order chi connectivity index (χ1) is 12.8. The first-order valence-electron chi connectivity index (χ1n) is 10.2. The molecule has 6 heteroatoms. The van der Waals surface area contributed by atoms with Crippen LogP contribution < -0.4 is 5.43 Å². The van der Waals surface area contributed by atoms with Gasteiger partial charge in [0.15, 0.2) is 0 Å². The Morgan fingerprint density at radius 3 is 2.78 bits per heavy atom. The number of hydrogen-bond acceptors (Lipinski definition) is 4. The number of nitrogens with zero attached hydrogens (tertiary/aromatic N) is 2. The van der Waals surface area contributed by atoms with Crippen LogP contribution in [0.3, 0.4) is 0 Å². The number of fused-ring (bicyclic) bond motifs is 1. The standard InChI is InChI=1S/C21H28ClN3O2/c1-12(19-18-16(22)4-3-5-20(18,2)24-23-19)6-17(26)25-14-7-13-8-15(25)11-21(27,9-13)10-14/h3-4,12-15,24,27H,5-11H2,1-2H3. The van der Waals surface area contributed by atoms with Crippen molar-refractivity contribution in [1.29, 1.82) is 0 Å². The van der Waals surface area contributed by atoms with Crippen molar-refractivity contribution in [3.8, 4) is 0 Å². The number of aliphatic hydroxyl groups is 1. The third-order valence-electron chi connectivity index (χ3n) is 7.39. The molecule has 27 heavy (non-hydrogen) atoms. The largest absolute Gasteiger partial charge is 0.390 e. The number of rotatable bonds is 3. The second-order valence-corrected chi connectivity index (χ2v) is 10.1. The van der Waals surface area contributed by atoms with E-state index in [1.807, 2.05) is 6.08 Å². The molecule has 4 unspecified atom stereocenters. The molecule has 3 aliphatic heterocycles. The van der Waals surface area contributed by atoms with Gasteiger partial charge in [-0.15, -0.1) is 0 Å². The van der Waals surface area contributed by atoms with Crippen molar-refractivity contribution < 1.29 is 9.90 Å². The number of hydrazone groups is 1. The molecule has 0 aromatic carbocycles. The molecule has 0 aromatic rings. The predicted molar refractivity (Wildman–Crippen MR) is 105 cm³/mol. The Kier molecular flexibility index (Phi) is 3.84. The lowest BCUT2D eigenvalue weighted by atomic mass is 9.61. The van der Waals surface area contributed by atoms with E-state index in [9.17, 15) is 9.90 Å². The number of carbonyl (C=O) groups excluding carboxylic acids is 1. The summed E-state index contributed by atoms with van der Waals surface area (Å²) < 4.78 is 0. The number of halogens is 1. The van der Waals surface area contributed by atoms with Crippen molar-refractivity contribution in [2.45, 2.75) is 82.0 Å². The molecular formula is C21H28ClN3O2. The molecule has 4 fully saturated rings. The fourth-order valence-electron chi connectivity index (χ4n) is 6.41. The van der Waals surface area contributed by atoms with Gasteiger partial charge in [0.25, 0.3) is 0 Å². The average Bonchev–Trinajstić information content (AvgIpc) is 2.91. The molecule has 2 N–H and O–H groups in total. The van der Waals surface area contributed by atoms with Crippen molar-refractivity contribution in [2.24, 2.45) is 16.9 Å². The van der Waals surface area contributed by atoms with Gasteiger partial charge < -0.3 is 10.0 Å². The maximum Gasteiger partial charge on any atom is 0.223 e. The SMILES string of the molecule is CC(CC(=O)N1C2CC3CC1CC(O)(C3)C2)C1=NNC2(C)CC=CC(Cl)=C12. The Labute approximate surface area is 165 Å². The minimum absolute atomic E-state index is 0.0161. The maximum atomic E-state index is 13.2. The van der Waals surface area contributed by atoms with E-state index in [-0.39, 0.29) is 29.4 Å². The summed E-state index contributed by atoms with van der Waals surface area (Å²) in [4.78, 5) is 15.3. The van der Waals surface area contributed by atoms with Crippen LogP contribution in [-0.2, 0) is 4.79 Å². The number of hydrogen-bond donors (Lipinski definition) is 2. The maximum absolute atomic E-state index is 13.2. The van der Waals surface area contributed by atoms with E-state index in [0.717, 1.165) is 54.8 Å². The Hall–Kier alpha value is -1.33. The van der Waals surface area contributed by atoms with Crippen LogP contribution in [0.15, 0.2) is 27.9 Å². The molecule has 4 bridgehead atoms. The van der Waals surface area contributed by atoms with E-state index in [0.29, 0.717) is 12.3 Å². The van der Waals surface area contributed by atoms with E-state index in [2.05, 4.69) is 35.4 Å². The Bertz CT molecular complexity index is 772. The van der Waals surface area contributed by atoms with Gasteiger partial charge in [0.1, 0.15) is 0 Å². The highest BCUT2D eigenvalue weighted by atomic mass is 35.5. The molecule has 0 radical (unpaired) electrons. The Balaban J connectivity index is 1.33. The highest BCUT2D eigenvalue weighted by molar-refractivity contribution is 6.34. The molecule has 146 valence electrons. The zero-order chi connectivity index (χ0) is 19.0. The summed E-state index contributed by atoms with van der Waals surface area (Å²) in [5.74, 6) is 0.817.